The Bertz CT molecular complexity index is 618. The number of likely N-dealkylation sites (N-methyl/N-ethyl adjacent to an activating group) is 2. The van der Waals surface area contributed by atoms with Gasteiger partial charge in [0.05, 0.1) is 6.54 Å². The number of amides is 1. The molecule has 0 saturated carbocycles. The standard InChI is InChI=1S/C20H35N5O/c1-7-12-25-18-11-10-16(23(6)13-14-24(8-2)9-3)15-17(18)19(21-25)20(26)22(4)5/h7,16H,1,8-15H2,2-6H3. The van der Waals surface area contributed by atoms with Crippen LogP contribution < -0.4 is 0 Å². The zero-order chi connectivity index (χ0) is 19.3. The number of allylic oxidation sites excluding steroid dienone is 1. The SMILES string of the molecule is C=CCn1nc(C(=O)N(C)C)c2c1CCC(N(C)CCN(CC)CC)C2. The van der Waals surface area contributed by atoms with E-state index in [0.29, 0.717) is 18.3 Å². The Labute approximate surface area is 158 Å². The number of rotatable bonds is 9. The molecular formula is C20H35N5O. The van der Waals surface area contributed by atoms with E-state index in [9.17, 15) is 4.79 Å². The second kappa shape index (κ2) is 9.33. The van der Waals surface area contributed by atoms with Gasteiger partial charge in [0.2, 0.25) is 0 Å². The molecule has 2 rings (SSSR count). The van der Waals surface area contributed by atoms with E-state index >= 15 is 0 Å². The van der Waals surface area contributed by atoms with Crippen molar-refractivity contribution in [3.63, 3.8) is 0 Å². The maximum Gasteiger partial charge on any atom is 0.274 e. The van der Waals surface area contributed by atoms with Crippen LogP contribution in [0.5, 0.6) is 0 Å². The predicted octanol–water partition coefficient (Wildman–Crippen LogP) is 1.90. The first-order chi connectivity index (χ1) is 12.4. The third-order valence-corrected chi connectivity index (χ3v) is 5.52. The van der Waals surface area contributed by atoms with E-state index in [-0.39, 0.29) is 5.91 Å². The van der Waals surface area contributed by atoms with Gasteiger partial charge in [-0.3, -0.25) is 9.48 Å². The molecule has 1 aromatic heterocycles. The minimum Gasteiger partial charge on any atom is -0.343 e. The summed E-state index contributed by atoms with van der Waals surface area (Å²) >= 11 is 0. The number of carbonyl (C=O) groups excluding carboxylic acids is 1. The van der Waals surface area contributed by atoms with Gasteiger partial charge in [0, 0.05) is 44.5 Å². The van der Waals surface area contributed by atoms with Gasteiger partial charge in [0.15, 0.2) is 5.69 Å². The Kier molecular flexibility index (Phi) is 7.41. The Morgan fingerprint density at radius 3 is 2.54 bits per heavy atom. The number of hydrogen-bond donors (Lipinski definition) is 0. The molecule has 0 saturated heterocycles. The van der Waals surface area contributed by atoms with Crippen molar-refractivity contribution in [1.29, 1.82) is 0 Å². The fourth-order valence-corrected chi connectivity index (χ4v) is 3.72. The lowest BCUT2D eigenvalue weighted by Gasteiger charge is -2.33. The van der Waals surface area contributed by atoms with Crippen LogP contribution in [0.25, 0.3) is 0 Å². The van der Waals surface area contributed by atoms with Crippen LogP contribution in [-0.2, 0) is 19.4 Å². The molecule has 6 heteroatoms. The van der Waals surface area contributed by atoms with Gasteiger partial charge in [0.25, 0.3) is 5.91 Å². The van der Waals surface area contributed by atoms with E-state index in [0.717, 1.165) is 51.0 Å². The normalized spacial score (nSPS) is 16.8. The number of fused-ring (bicyclic) bond motifs is 1. The monoisotopic (exact) mass is 361 g/mol. The summed E-state index contributed by atoms with van der Waals surface area (Å²) in [7, 11) is 5.79. The van der Waals surface area contributed by atoms with Gasteiger partial charge in [0.1, 0.15) is 0 Å². The average molecular weight is 362 g/mol. The molecule has 0 N–H and O–H groups in total. The van der Waals surface area contributed by atoms with Crippen molar-refractivity contribution < 1.29 is 4.79 Å². The number of nitrogens with zero attached hydrogens (tertiary/aromatic N) is 5. The van der Waals surface area contributed by atoms with Crippen LogP contribution in [0.2, 0.25) is 0 Å². The van der Waals surface area contributed by atoms with Crippen LogP contribution >= 0.6 is 0 Å². The van der Waals surface area contributed by atoms with Crippen LogP contribution in [0.1, 0.15) is 42.0 Å². The molecule has 0 aromatic carbocycles. The van der Waals surface area contributed by atoms with Gasteiger partial charge in [-0.05, 0) is 39.4 Å². The van der Waals surface area contributed by atoms with Crippen LogP contribution in [-0.4, -0.2) is 83.8 Å². The molecule has 1 aromatic rings. The quantitative estimate of drug-likeness (QED) is 0.630. The molecule has 1 aliphatic rings. The lowest BCUT2D eigenvalue weighted by Crippen LogP contribution is -2.41. The van der Waals surface area contributed by atoms with Crippen LogP contribution in [0.15, 0.2) is 12.7 Å². The first-order valence-electron chi connectivity index (χ1n) is 9.76. The molecule has 26 heavy (non-hydrogen) atoms. The van der Waals surface area contributed by atoms with Gasteiger partial charge < -0.3 is 14.7 Å². The van der Waals surface area contributed by atoms with E-state index in [4.69, 9.17) is 0 Å². The van der Waals surface area contributed by atoms with Crippen molar-refractivity contribution in [2.24, 2.45) is 0 Å². The van der Waals surface area contributed by atoms with Crippen molar-refractivity contribution in [2.75, 3.05) is 47.3 Å². The first-order valence-corrected chi connectivity index (χ1v) is 9.76. The lowest BCUT2D eigenvalue weighted by atomic mass is 9.90. The van der Waals surface area contributed by atoms with Gasteiger partial charge >= 0.3 is 0 Å². The first kappa shape index (κ1) is 20.6. The number of carbonyl (C=O) groups is 1. The third kappa shape index (κ3) is 4.54. The summed E-state index contributed by atoms with van der Waals surface area (Å²) in [5.41, 5.74) is 2.97. The molecule has 0 spiro atoms. The fourth-order valence-electron chi connectivity index (χ4n) is 3.72. The van der Waals surface area contributed by atoms with Gasteiger partial charge in [-0.2, -0.15) is 5.10 Å². The molecule has 1 amide bonds. The molecular weight excluding hydrogens is 326 g/mol. The van der Waals surface area contributed by atoms with Gasteiger partial charge in [-0.1, -0.05) is 19.9 Å². The van der Waals surface area contributed by atoms with Crippen molar-refractivity contribution in [2.45, 2.75) is 45.7 Å². The molecule has 0 radical (unpaired) electrons. The smallest absolute Gasteiger partial charge is 0.274 e. The van der Waals surface area contributed by atoms with Gasteiger partial charge in [-0.25, -0.2) is 0 Å². The summed E-state index contributed by atoms with van der Waals surface area (Å²) in [5, 5.41) is 4.62. The van der Waals surface area contributed by atoms with Crippen LogP contribution in [0.4, 0.5) is 0 Å². The van der Waals surface area contributed by atoms with Gasteiger partial charge in [-0.15, -0.1) is 6.58 Å². The van der Waals surface area contributed by atoms with E-state index in [2.05, 4.69) is 42.4 Å². The summed E-state index contributed by atoms with van der Waals surface area (Å²) < 4.78 is 1.96. The molecule has 1 aliphatic carbocycles. The average Bonchev–Trinajstić information content (AvgIpc) is 2.99. The summed E-state index contributed by atoms with van der Waals surface area (Å²) in [6.45, 7) is 13.2. The van der Waals surface area contributed by atoms with E-state index < -0.39 is 0 Å². The molecule has 0 aliphatic heterocycles. The minimum absolute atomic E-state index is 0.00416. The highest BCUT2D eigenvalue weighted by molar-refractivity contribution is 5.93. The molecule has 146 valence electrons. The zero-order valence-electron chi connectivity index (χ0n) is 17.2. The minimum atomic E-state index is -0.00416. The largest absolute Gasteiger partial charge is 0.343 e. The molecule has 1 unspecified atom stereocenters. The highest BCUT2D eigenvalue weighted by atomic mass is 16.2. The van der Waals surface area contributed by atoms with Crippen molar-refractivity contribution in [3.8, 4) is 0 Å². The van der Waals surface area contributed by atoms with E-state index in [1.54, 1.807) is 19.0 Å². The fraction of sp³-hybridized carbons (Fsp3) is 0.700. The molecule has 1 heterocycles. The summed E-state index contributed by atoms with van der Waals surface area (Å²) in [4.78, 5) is 19.1. The topological polar surface area (TPSA) is 44.6 Å². The van der Waals surface area contributed by atoms with E-state index in [1.807, 2.05) is 10.8 Å². The van der Waals surface area contributed by atoms with Crippen LogP contribution in [0.3, 0.4) is 0 Å². The van der Waals surface area contributed by atoms with Crippen LogP contribution in [0, 0.1) is 0 Å². The predicted molar refractivity (Wildman–Crippen MR) is 107 cm³/mol. The Hall–Kier alpha value is -1.66. The maximum absolute atomic E-state index is 12.6. The second-order valence-electron chi connectivity index (χ2n) is 7.35. The second-order valence-corrected chi connectivity index (χ2v) is 7.35. The Balaban J connectivity index is 2.17. The van der Waals surface area contributed by atoms with Crippen molar-refractivity contribution >= 4 is 5.91 Å². The highest BCUT2D eigenvalue weighted by Gasteiger charge is 2.31. The lowest BCUT2D eigenvalue weighted by molar-refractivity contribution is 0.0819. The number of aromatic nitrogens is 2. The summed E-state index contributed by atoms with van der Waals surface area (Å²) in [6.07, 6.45) is 4.83. The Morgan fingerprint density at radius 1 is 1.27 bits per heavy atom. The maximum atomic E-state index is 12.6. The number of hydrogen-bond acceptors (Lipinski definition) is 4. The highest BCUT2D eigenvalue weighted by Crippen LogP contribution is 2.27. The third-order valence-electron chi connectivity index (χ3n) is 5.52. The molecule has 1 atom stereocenters. The van der Waals surface area contributed by atoms with E-state index in [1.165, 1.54) is 5.69 Å². The molecule has 0 bridgehead atoms. The Morgan fingerprint density at radius 2 is 1.96 bits per heavy atom. The summed E-state index contributed by atoms with van der Waals surface area (Å²) in [6, 6.07) is 0.466. The van der Waals surface area contributed by atoms with Crippen molar-refractivity contribution in [1.82, 2.24) is 24.5 Å². The summed E-state index contributed by atoms with van der Waals surface area (Å²) in [5.74, 6) is -0.00416. The zero-order valence-corrected chi connectivity index (χ0v) is 17.2. The molecule has 0 fully saturated rings. The molecule has 6 nitrogen and oxygen atoms in total. The van der Waals surface area contributed by atoms with Crippen molar-refractivity contribution in [3.05, 3.63) is 29.6 Å².